The second-order valence-electron chi connectivity index (χ2n) is 6.01. The van der Waals surface area contributed by atoms with Gasteiger partial charge in [0.1, 0.15) is 5.82 Å². The van der Waals surface area contributed by atoms with Crippen LogP contribution in [0.3, 0.4) is 0 Å². The fraction of sp³-hybridized carbons (Fsp3) is 0.353. The highest BCUT2D eigenvalue weighted by Gasteiger charge is 2.25. The summed E-state index contributed by atoms with van der Waals surface area (Å²) in [6, 6.07) is 6.07. The number of aromatic amines is 1. The molecule has 0 spiro atoms. The van der Waals surface area contributed by atoms with Gasteiger partial charge in [0.25, 0.3) is 5.56 Å². The van der Waals surface area contributed by atoms with Crippen molar-refractivity contribution in [2.24, 2.45) is 0 Å². The van der Waals surface area contributed by atoms with Crippen LogP contribution in [0.5, 0.6) is 0 Å². The van der Waals surface area contributed by atoms with Gasteiger partial charge >= 0.3 is 0 Å². The second kappa shape index (κ2) is 6.43. The Bertz CT molecular complexity index is 834. The Morgan fingerprint density at radius 1 is 1.21 bits per heavy atom. The highest BCUT2D eigenvalue weighted by molar-refractivity contribution is 5.83. The molecule has 0 atom stereocenters. The SMILES string of the molecule is Cc1cc(F)ccc1CN1CCN(c2cc(=O)[nH]nc2C)CC1=O. The van der Waals surface area contributed by atoms with Gasteiger partial charge in [-0.2, -0.15) is 5.10 Å². The van der Waals surface area contributed by atoms with Crippen LogP contribution in [0.1, 0.15) is 16.8 Å². The normalized spacial score (nSPS) is 15.0. The minimum atomic E-state index is -0.285. The topological polar surface area (TPSA) is 69.3 Å². The number of amides is 1. The summed E-state index contributed by atoms with van der Waals surface area (Å²) in [4.78, 5) is 27.6. The van der Waals surface area contributed by atoms with E-state index in [1.54, 1.807) is 17.9 Å². The molecule has 1 saturated heterocycles. The minimum absolute atomic E-state index is 0.0235. The smallest absolute Gasteiger partial charge is 0.266 e. The maximum Gasteiger partial charge on any atom is 0.266 e. The zero-order valence-corrected chi connectivity index (χ0v) is 13.7. The van der Waals surface area contributed by atoms with Crippen molar-refractivity contribution in [3.05, 3.63) is 57.3 Å². The lowest BCUT2D eigenvalue weighted by Gasteiger charge is -2.36. The van der Waals surface area contributed by atoms with Gasteiger partial charge in [0, 0.05) is 25.7 Å². The Hall–Kier alpha value is -2.70. The number of aromatic nitrogens is 2. The van der Waals surface area contributed by atoms with E-state index in [1.807, 2.05) is 11.8 Å². The van der Waals surface area contributed by atoms with Crippen molar-refractivity contribution < 1.29 is 9.18 Å². The predicted octanol–water partition coefficient (Wildman–Crippen LogP) is 1.37. The van der Waals surface area contributed by atoms with Crippen molar-refractivity contribution >= 4 is 11.6 Å². The van der Waals surface area contributed by atoms with Crippen molar-refractivity contribution in [3.63, 3.8) is 0 Å². The Kier molecular flexibility index (Phi) is 4.33. The Labute approximate surface area is 138 Å². The Morgan fingerprint density at radius 2 is 2.00 bits per heavy atom. The summed E-state index contributed by atoms with van der Waals surface area (Å²) in [5.41, 5.74) is 2.86. The number of carbonyl (C=O) groups is 1. The van der Waals surface area contributed by atoms with Crippen molar-refractivity contribution in [2.45, 2.75) is 20.4 Å². The number of carbonyl (C=O) groups excluding carboxylic acids is 1. The van der Waals surface area contributed by atoms with Crippen LogP contribution < -0.4 is 10.5 Å². The van der Waals surface area contributed by atoms with Gasteiger partial charge in [0.05, 0.1) is 17.9 Å². The molecule has 1 aromatic heterocycles. The number of nitrogens with one attached hydrogen (secondary N) is 1. The molecule has 6 nitrogen and oxygen atoms in total. The van der Waals surface area contributed by atoms with Gasteiger partial charge in [-0.15, -0.1) is 0 Å². The third kappa shape index (κ3) is 3.29. The molecule has 3 rings (SSSR count). The van der Waals surface area contributed by atoms with E-state index in [0.717, 1.165) is 11.1 Å². The molecule has 1 N–H and O–H groups in total. The second-order valence-corrected chi connectivity index (χ2v) is 6.01. The first-order valence-electron chi connectivity index (χ1n) is 7.78. The average Bonchev–Trinajstić information content (AvgIpc) is 2.54. The number of H-pyrrole nitrogens is 1. The quantitative estimate of drug-likeness (QED) is 0.923. The molecular weight excluding hydrogens is 311 g/mol. The summed E-state index contributed by atoms with van der Waals surface area (Å²) in [6.07, 6.45) is 0. The van der Waals surface area contributed by atoms with Crippen LogP contribution in [0.2, 0.25) is 0 Å². The average molecular weight is 330 g/mol. The van der Waals surface area contributed by atoms with Crippen LogP contribution in [-0.4, -0.2) is 40.6 Å². The molecule has 1 amide bonds. The number of benzene rings is 1. The molecule has 0 unspecified atom stereocenters. The molecule has 1 aliphatic heterocycles. The van der Waals surface area contributed by atoms with Crippen molar-refractivity contribution in [3.8, 4) is 0 Å². The van der Waals surface area contributed by atoms with E-state index in [4.69, 9.17) is 0 Å². The van der Waals surface area contributed by atoms with E-state index >= 15 is 0 Å². The zero-order valence-electron chi connectivity index (χ0n) is 13.7. The first kappa shape index (κ1) is 16.2. The lowest BCUT2D eigenvalue weighted by atomic mass is 10.1. The molecular formula is C17H19FN4O2. The summed E-state index contributed by atoms with van der Waals surface area (Å²) < 4.78 is 13.2. The van der Waals surface area contributed by atoms with Crippen LogP contribution in [0.4, 0.5) is 10.1 Å². The van der Waals surface area contributed by atoms with Crippen molar-refractivity contribution in [1.82, 2.24) is 15.1 Å². The third-order valence-electron chi connectivity index (χ3n) is 4.30. The van der Waals surface area contributed by atoms with Crippen molar-refractivity contribution in [1.29, 1.82) is 0 Å². The fourth-order valence-corrected chi connectivity index (χ4v) is 2.90. The van der Waals surface area contributed by atoms with E-state index < -0.39 is 0 Å². The molecule has 24 heavy (non-hydrogen) atoms. The van der Waals surface area contributed by atoms with Crippen LogP contribution in [-0.2, 0) is 11.3 Å². The summed E-state index contributed by atoms with van der Waals surface area (Å²) in [7, 11) is 0. The minimum Gasteiger partial charge on any atom is -0.359 e. The number of hydrogen-bond donors (Lipinski definition) is 1. The standard InChI is InChI=1S/C17H19FN4O2/c1-11-7-14(18)4-3-13(11)9-22-6-5-21(10-17(22)24)15-8-16(23)20-19-12(15)2/h3-4,7-8H,5-6,9-10H2,1-2H3,(H,20,23). The lowest BCUT2D eigenvalue weighted by molar-refractivity contribution is -0.131. The number of piperazine rings is 1. The van der Waals surface area contributed by atoms with Gasteiger partial charge in [-0.3, -0.25) is 9.59 Å². The number of rotatable bonds is 3. The molecule has 0 saturated carbocycles. The van der Waals surface area contributed by atoms with E-state index in [9.17, 15) is 14.0 Å². The van der Waals surface area contributed by atoms with Gasteiger partial charge in [-0.05, 0) is 37.1 Å². The molecule has 0 radical (unpaired) electrons. The molecule has 0 aliphatic carbocycles. The summed E-state index contributed by atoms with van der Waals surface area (Å²) >= 11 is 0. The zero-order chi connectivity index (χ0) is 17.3. The molecule has 1 aromatic carbocycles. The monoisotopic (exact) mass is 330 g/mol. The van der Waals surface area contributed by atoms with Crippen LogP contribution in [0.15, 0.2) is 29.1 Å². The molecule has 126 valence electrons. The first-order valence-corrected chi connectivity index (χ1v) is 7.78. The van der Waals surface area contributed by atoms with Crippen LogP contribution in [0.25, 0.3) is 0 Å². The highest BCUT2D eigenvalue weighted by Crippen LogP contribution is 2.20. The Morgan fingerprint density at radius 3 is 2.71 bits per heavy atom. The number of aryl methyl sites for hydroxylation is 2. The first-order chi connectivity index (χ1) is 11.4. The fourth-order valence-electron chi connectivity index (χ4n) is 2.90. The lowest BCUT2D eigenvalue weighted by Crippen LogP contribution is -2.50. The number of anilines is 1. The summed E-state index contributed by atoms with van der Waals surface area (Å²) in [5.74, 6) is -0.297. The van der Waals surface area contributed by atoms with Crippen LogP contribution in [0, 0.1) is 19.7 Å². The maximum atomic E-state index is 13.2. The number of halogens is 1. The summed E-state index contributed by atoms with van der Waals surface area (Å²) in [5, 5.41) is 6.33. The van der Waals surface area contributed by atoms with E-state index in [2.05, 4.69) is 10.2 Å². The molecule has 7 heteroatoms. The van der Waals surface area contributed by atoms with E-state index in [-0.39, 0.29) is 23.8 Å². The highest BCUT2D eigenvalue weighted by atomic mass is 19.1. The maximum absolute atomic E-state index is 13.2. The van der Waals surface area contributed by atoms with Gasteiger partial charge in [0.15, 0.2) is 0 Å². The predicted molar refractivity (Wildman–Crippen MR) is 88.4 cm³/mol. The van der Waals surface area contributed by atoms with Crippen LogP contribution >= 0.6 is 0 Å². The molecule has 1 aliphatic rings. The molecule has 0 bridgehead atoms. The third-order valence-corrected chi connectivity index (χ3v) is 4.30. The van der Waals surface area contributed by atoms with Gasteiger partial charge in [0.2, 0.25) is 5.91 Å². The Balaban J connectivity index is 1.72. The largest absolute Gasteiger partial charge is 0.359 e. The van der Waals surface area contributed by atoms with E-state index in [1.165, 1.54) is 18.2 Å². The number of hydrogen-bond acceptors (Lipinski definition) is 4. The molecule has 2 heterocycles. The number of nitrogens with zero attached hydrogens (tertiary/aromatic N) is 3. The van der Waals surface area contributed by atoms with E-state index in [0.29, 0.717) is 31.0 Å². The molecule has 2 aromatic rings. The van der Waals surface area contributed by atoms with Gasteiger partial charge in [-0.25, -0.2) is 9.49 Å². The van der Waals surface area contributed by atoms with Crippen molar-refractivity contribution in [2.75, 3.05) is 24.5 Å². The summed E-state index contributed by atoms with van der Waals surface area (Å²) in [6.45, 7) is 5.46. The van der Waals surface area contributed by atoms with Gasteiger partial charge < -0.3 is 9.80 Å². The molecule has 1 fully saturated rings. The van der Waals surface area contributed by atoms with Gasteiger partial charge in [-0.1, -0.05) is 6.07 Å².